The number of benzene rings is 2. The van der Waals surface area contributed by atoms with E-state index in [4.69, 9.17) is 14.2 Å². The van der Waals surface area contributed by atoms with Gasteiger partial charge < -0.3 is 15.6 Å². The second kappa shape index (κ2) is 15.0. The van der Waals surface area contributed by atoms with Crippen LogP contribution < -0.4 is 56.3 Å². The average Bonchev–Trinajstić information content (AvgIpc) is 2.79. The third kappa shape index (κ3) is 9.39. The number of esters is 1. The van der Waals surface area contributed by atoms with E-state index in [0.717, 1.165) is 25.7 Å². The number of carbonyl (C=O) groups excluding carboxylic acids is 2. The summed E-state index contributed by atoms with van der Waals surface area (Å²) in [7, 11) is 0. The first-order valence-corrected chi connectivity index (χ1v) is 11.5. The van der Waals surface area contributed by atoms with E-state index in [1.165, 1.54) is 17.0 Å². The zero-order valence-corrected chi connectivity index (χ0v) is 23.4. The van der Waals surface area contributed by atoms with Crippen LogP contribution in [0.2, 0.25) is 0 Å². The molecule has 6 nitrogen and oxygen atoms in total. The van der Waals surface area contributed by atoms with Crippen LogP contribution in [0, 0.1) is 17.7 Å². The van der Waals surface area contributed by atoms with Gasteiger partial charge in [0.25, 0.3) is 0 Å². The van der Waals surface area contributed by atoms with E-state index in [-0.39, 0.29) is 77.4 Å². The van der Waals surface area contributed by atoms with Crippen molar-refractivity contribution in [2.24, 2.45) is 11.8 Å². The van der Waals surface area contributed by atoms with Gasteiger partial charge in [-0.25, -0.2) is 18.9 Å². The smallest absolute Gasteiger partial charge is 1.00 e. The minimum Gasteiger partial charge on any atom is -1.00 e. The van der Waals surface area contributed by atoms with Crippen molar-refractivity contribution < 1.29 is 81.0 Å². The van der Waals surface area contributed by atoms with Gasteiger partial charge in [0, 0.05) is 0 Å². The molecule has 0 bridgehead atoms. The van der Waals surface area contributed by atoms with Gasteiger partial charge in [0.15, 0.2) is 0 Å². The number of anilines is 2. The van der Waals surface area contributed by atoms with Gasteiger partial charge in [0.1, 0.15) is 12.4 Å². The summed E-state index contributed by atoms with van der Waals surface area (Å²) < 4.78 is 30.0. The van der Waals surface area contributed by atoms with Crippen LogP contribution in [0.5, 0.6) is 0 Å². The number of para-hydroxylation sites is 1. The van der Waals surface area contributed by atoms with Crippen LogP contribution in [0.1, 0.15) is 41.0 Å². The van der Waals surface area contributed by atoms with Crippen molar-refractivity contribution >= 4 is 23.4 Å². The van der Waals surface area contributed by atoms with Crippen molar-refractivity contribution in [2.75, 3.05) is 24.7 Å². The van der Waals surface area contributed by atoms with Gasteiger partial charge in [0.2, 0.25) is 0 Å². The van der Waals surface area contributed by atoms with Gasteiger partial charge >= 0.3 is 63.4 Å². The number of hydrogen-bond donors (Lipinski definition) is 0. The number of halogens is 1. The fourth-order valence-electron chi connectivity index (χ4n) is 3.98. The predicted octanol–water partition coefficient (Wildman–Crippen LogP) is 2.99. The third-order valence-electron chi connectivity index (χ3n) is 5.61. The van der Waals surface area contributed by atoms with Gasteiger partial charge in [-0.1, -0.05) is 24.3 Å². The zero-order valence-electron chi connectivity index (χ0n) is 21.2. The van der Waals surface area contributed by atoms with Crippen molar-refractivity contribution in [1.82, 2.24) is 0 Å². The second-order valence-corrected chi connectivity index (χ2v) is 8.67. The fraction of sp³-hybridized carbons (Fsp3) is 0.462. The number of hydrogen-bond acceptors (Lipinski definition) is 5. The molecule has 1 aliphatic rings. The van der Waals surface area contributed by atoms with E-state index in [0.29, 0.717) is 30.5 Å². The van der Waals surface area contributed by atoms with E-state index in [9.17, 15) is 14.0 Å². The first kappa shape index (κ1) is 28.9. The van der Waals surface area contributed by atoms with Crippen LogP contribution in [0.4, 0.5) is 20.6 Å². The topological polar surface area (TPSA) is 65.1 Å². The summed E-state index contributed by atoms with van der Waals surface area (Å²) in [5, 5.41) is 0. The van der Waals surface area contributed by atoms with Crippen molar-refractivity contribution in [3.8, 4) is 0 Å². The molecule has 3 rings (SSSR count). The monoisotopic (exact) mass is 497 g/mol. The molecule has 0 atom stereocenters. The van der Waals surface area contributed by atoms with E-state index >= 15 is 0 Å². The summed E-state index contributed by atoms with van der Waals surface area (Å²) in [6, 6.07) is 15.0. The standard InChI is InChI=1S/C26H32FNO5.K.H/c1-19(2)33-25(29)18-31-16-20-11-13-21(14-12-20)17-32-26(30)28(23-8-4-3-5-9-23)24-10-6-7-22(27)15-24;;/h3-10,15,19-21H,11-14,16-18H2,1-2H3;;/q;+1;-1. The summed E-state index contributed by atoms with van der Waals surface area (Å²) in [5.41, 5.74) is 1.04. The minimum atomic E-state index is -0.527. The largest absolute Gasteiger partial charge is 1.00 e. The maximum absolute atomic E-state index is 13.8. The number of carbonyl (C=O) groups is 2. The Morgan fingerprint density at radius 1 is 0.971 bits per heavy atom. The Labute approximate surface area is 245 Å². The van der Waals surface area contributed by atoms with Gasteiger partial charge in [0.05, 0.1) is 30.7 Å². The normalized spacial score (nSPS) is 17.5. The molecule has 8 heteroatoms. The number of nitrogens with zero attached hydrogens (tertiary/aromatic N) is 1. The van der Waals surface area contributed by atoms with Crippen LogP contribution in [0.15, 0.2) is 54.6 Å². The molecule has 180 valence electrons. The van der Waals surface area contributed by atoms with E-state index in [1.807, 2.05) is 32.0 Å². The number of amides is 1. The molecular weight excluding hydrogens is 464 g/mol. The van der Waals surface area contributed by atoms with Gasteiger partial charge in [-0.3, -0.25) is 0 Å². The Balaban J connectivity index is 0.00000306. The van der Waals surface area contributed by atoms with E-state index in [2.05, 4.69) is 0 Å². The molecule has 0 unspecified atom stereocenters. The van der Waals surface area contributed by atoms with Gasteiger partial charge in [-0.05, 0) is 81.7 Å². The molecule has 0 N–H and O–H groups in total. The molecule has 2 aromatic carbocycles. The number of ether oxygens (including phenoxy) is 3. The summed E-state index contributed by atoms with van der Waals surface area (Å²) in [5.74, 6) is -0.107. The van der Waals surface area contributed by atoms with Crippen LogP contribution in [-0.4, -0.2) is 38.0 Å². The minimum absolute atomic E-state index is 0. The van der Waals surface area contributed by atoms with Crippen molar-refractivity contribution in [2.45, 2.75) is 45.6 Å². The molecule has 0 heterocycles. The fourth-order valence-corrected chi connectivity index (χ4v) is 3.98. The molecule has 0 aromatic heterocycles. The summed E-state index contributed by atoms with van der Waals surface area (Å²) in [4.78, 5) is 25.9. The molecule has 1 saturated carbocycles. The average molecular weight is 498 g/mol. The molecular formula is C26H33FKNO5. The maximum atomic E-state index is 13.8. The SMILES string of the molecule is CC(C)OC(=O)COCC1CCC(COC(=O)N(c2ccccc2)c2cccc(F)c2)CC1.[H-].[K+]. The van der Waals surface area contributed by atoms with Crippen molar-refractivity contribution in [3.05, 3.63) is 60.4 Å². The Morgan fingerprint density at radius 3 is 2.21 bits per heavy atom. The van der Waals surface area contributed by atoms with Crippen LogP contribution in [-0.2, 0) is 19.0 Å². The molecule has 0 spiro atoms. The Kier molecular flexibility index (Phi) is 12.7. The Hall–Kier alpha value is -1.29. The van der Waals surface area contributed by atoms with Crippen molar-refractivity contribution in [1.29, 1.82) is 0 Å². The molecule has 34 heavy (non-hydrogen) atoms. The molecule has 1 aliphatic carbocycles. The first-order chi connectivity index (χ1) is 15.9. The Bertz CT molecular complexity index is 910. The molecule has 0 aliphatic heterocycles. The van der Waals surface area contributed by atoms with Crippen molar-refractivity contribution in [3.63, 3.8) is 0 Å². The second-order valence-electron chi connectivity index (χ2n) is 8.67. The van der Waals surface area contributed by atoms with E-state index in [1.54, 1.807) is 24.3 Å². The van der Waals surface area contributed by atoms with Crippen LogP contribution in [0.3, 0.4) is 0 Å². The Morgan fingerprint density at radius 2 is 1.59 bits per heavy atom. The summed E-state index contributed by atoms with van der Waals surface area (Å²) in [6.45, 7) is 4.43. The third-order valence-corrected chi connectivity index (χ3v) is 5.61. The van der Waals surface area contributed by atoms with Crippen LogP contribution >= 0.6 is 0 Å². The summed E-state index contributed by atoms with van der Waals surface area (Å²) in [6.07, 6.45) is 3.08. The van der Waals surface area contributed by atoms with E-state index < -0.39 is 11.9 Å². The molecule has 2 aromatic rings. The molecule has 1 amide bonds. The first-order valence-electron chi connectivity index (χ1n) is 11.5. The van der Waals surface area contributed by atoms with Gasteiger partial charge in [-0.15, -0.1) is 0 Å². The molecule has 0 saturated heterocycles. The predicted molar refractivity (Wildman–Crippen MR) is 125 cm³/mol. The zero-order chi connectivity index (χ0) is 23.6. The summed E-state index contributed by atoms with van der Waals surface area (Å²) >= 11 is 0. The quantitative estimate of drug-likeness (QED) is 0.394. The van der Waals surface area contributed by atoms with Gasteiger partial charge in [-0.2, -0.15) is 0 Å². The van der Waals surface area contributed by atoms with Crippen LogP contribution in [0.25, 0.3) is 0 Å². The molecule has 1 fully saturated rings. The number of rotatable bonds is 9. The molecule has 0 radical (unpaired) electrons. The maximum Gasteiger partial charge on any atom is 1.00 e.